The molecule has 0 saturated carbocycles. The lowest BCUT2D eigenvalue weighted by Gasteiger charge is -2.04. The molecule has 78 valence electrons. The second kappa shape index (κ2) is 3.95. The molecule has 0 fully saturated rings. The minimum atomic E-state index is 0.697. The molecule has 0 aliphatic carbocycles. The molecule has 0 bridgehead atoms. The van der Waals surface area contributed by atoms with Crippen LogP contribution in [0.4, 0.5) is 0 Å². The summed E-state index contributed by atoms with van der Waals surface area (Å²) in [4.78, 5) is 0. The molecule has 0 unspecified atom stereocenters. The van der Waals surface area contributed by atoms with Crippen LogP contribution in [0.3, 0.4) is 0 Å². The van der Waals surface area contributed by atoms with Gasteiger partial charge in [0.15, 0.2) is 5.75 Å². The number of aryl methyl sites for hydroxylation is 2. The monoisotopic (exact) mass is 222 g/mol. The molecule has 0 saturated heterocycles. The van der Waals surface area contributed by atoms with Crippen molar-refractivity contribution < 1.29 is 4.74 Å². The fourth-order valence-electron chi connectivity index (χ4n) is 1.31. The zero-order chi connectivity index (χ0) is 10.8. The molecule has 0 aliphatic heterocycles. The van der Waals surface area contributed by atoms with Crippen molar-refractivity contribution in [3.8, 4) is 11.5 Å². The van der Waals surface area contributed by atoms with E-state index in [1.54, 1.807) is 12.1 Å². The molecule has 3 nitrogen and oxygen atoms in total. The average molecular weight is 223 g/mol. The number of halogens is 1. The van der Waals surface area contributed by atoms with E-state index in [2.05, 4.69) is 10.2 Å². The Morgan fingerprint density at radius 1 is 1.20 bits per heavy atom. The highest BCUT2D eigenvalue weighted by atomic mass is 35.5. The fourth-order valence-corrected chi connectivity index (χ4v) is 1.44. The first-order valence-electron chi connectivity index (χ1n) is 4.62. The second-order valence-electron chi connectivity index (χ2n) is 3.32. The third-order valence-corrected chi connectivity index (χ3v) is 2.35. The minimum absolute atomic E-state index is 0.697. The molecule has 0 radical (unpaired) electrons. The molecule has 1 aromatic carbocycles. The Kier molecular flexibility index (Phi) is 2.64. The molecule has 1 heterocycles. The lowest BCUT2D eigenvalue weighted by Crippen LogP contribution is -1.86. The van der Waals surface area contributed by atoms with Gasteiger partial charge in [-0.1, -0.05) is 11.6 Å². The number of ether oxygens (including phenoxy) is 1. The number of rotatable bonds is 2. The highest BCUT2D eigenvalue weighted by Gasteiger charge is 2.08. The van der Waals surface area contributed by atoms with Gasteiger partial charge in [0.2, 0.25) is 0 Å². The van der Waals surface area contributed by atoms with Gasteiger partial charge in [-0.2, -0.15) is 5.10 Å². The first-order chi connectivity index (χ1) is 7.16. The van der Waals surface area contributed by atoms with E-state index in [0.29, 0.717) is 5.02 Å². The quantitative estimate of drug-likeness (QED) is 0.845. The van der Waals surface area contributed by atoms with Crippen molar-refractivity contribution in [2.75, 3.05) is 0 Å². The standard InChI is InChI=1S/C11H11ClN2O/c1-7-11(8(2)14-13-7)15-10-5-3-9(12)4-6-10/h3-6H,1-2H3,(H,13,14). The van der Waals surface area contributed by atoms with Crippen molar-refractivity contribution in [2.45, 2.75) is 13.8 Å². The summed E-state index contributed by atoms with van der Waals surface area (Å²) < 4.78 is 5.68. The second-order valence-corrected chi connectivity index (χ2v) is 3.76. The molecule has 1 aromatic heterocycles. The van der Waals surface area contributed by atoms with Gasteiger partial charge in [0.1, 0.15) is 11.4 Å². The topological polar surface area (TPSA) is 37.9 Å². The van der Waals surface area contributed by atoms with Crippen LogP contribution >= 0.6 is 11.6 Å². The molecular formula is C11H11ClN2O. The maximum absolute atomic E-state index is 5.78. The Bertz CT molecular complexity index is 442. The van der Waals surface area contributed by atoms with Gasteiger partial charge in [0.05, 0.1) is 5.69 Å². The van der Waals surface area contributed by atoms with Crippen molar-refractivity contribution in [1.29, 1.82) is 0 Å². The maximum Gasteiger partial charge on any atom is 0.170 e. The molecule has 2 aromatic rings. The third-order valence-electron chi connectivity index (χ3n) is 2.09. The average Bonchev–Trinajstić information content (AvgIpc) is 2.53. The molecule has 15 heavy (non-hydrogen) atoms. The summed E-state index contributed by atoms with van der Waals surface area (Å²) in [6.45, 7) is 3.82. The van der Waals surface area contributed by atoms with E-state index in [-0.39, 0.29) is 0 Å². The lowest BCUT2D eigenvalue weighted by atomic mass is 10.3. The summed E-state index contributed by atoms with van der Waals surface area (Å²) in [6.07, 6.45) is 0. The smallest absolute Gasteiger partial charge is 0.170 e. The SMILES string of the molecule is Cc1n[nH]c(C)c1Oc1ccc(Cl)cc1. The Balaban J connectivity index is 2.25. The van der Waals surface area contributed by atoms with Crippen LogP contribution in [0.5, 0.6) is 11.5 Å². The highest BCUT2D eigenvalue weighted by molar-refractivity contribution is 6.30. The largest absolute Gasteiger partial charge is 0.454 e. The van der Waals surface area contributed by atoms with Crippen LogP contribution in [0.2, 0.25) is 5.02 Å². The summed E-state index contributed by atoms with van der Waals surface area (Å²) in [5.74, 6) is 1.53. The van der Waals surface area contributed by atoms with E-state index in [1.165, 1.54) is 0 Å². The van der Waals surface area contributed by atoms with Crippen LogP contribution in [0.15, 0.2) is 24.3 Å². The van der Waals surface area contributed by atoms with Crippen LogP contribution in [0.25, 0.3) is 0 Å². The molecule has 0 aliphatic rings. The summed E-state index contributed by atoms with van der Waals surface area (Å²) in [5.41, 5.74) is 1.77. The molecule has 0 spiro atoms. The number of nitrogens with zero attached hydrogens (tertiary/aromatic N) is 1. The number of H-pyrrole nitrogens is 1. The van der Waals surface area contributed by atoms with Crippen LogP contribution in [0.1, 0.15) is 11.4 Å². The first-order valence-corrected chi connectivity index (χ1v) is 4.99. The predicted octanol–water partition coefficient (Wildman–Crippen LogP) is 3.47. The van der Waals surface area contributed by atoms with Gasteiger partial charge < -0.3 is 4.74 Å². The summed E-state index contributed by atoms with van der Waals surface area (Å²) >= 11 is 5.78. The van der Waals surface area contributed by atoms with Gasteiger partial charge in [0, 0.05) is 5.02 Å². The van der Waals surface area contributed by atoms with Crippen LogP contribution in [0, 0.1) is 13.8 Å². The zero-order valence-corrected chi connectivity index (χ0v) is 9.30. The van der Waals surface area contributed by atoms with Gasteiger partial charge in [-0.25, -0.2) is 0 Å². The maximum atomic E-state index is 5.78. The van der Waals surface area contributed by atoms with Gasteiger partial charge in [-0.15, -0.1) is 0 Å². The number of nitrogens with one attached hydrogen (secondary N) is 1. The van der Waals surface area contributed by atoms with E-state index in [4.69, 9.17) is 16.3 Å². The van der Waals surface area contributed by atoms with Crippen molar-refractivity contribution in [3.05, 3.63) is 40.7 Å². The van der Waals surface area contributed by atoms with Crippen molar-refractivity contribution >= 4 is 11.6 Å². The van der Waals surface area contributed by atoms with E-state index in [0.717, 1.165) is 22.9 Å². The van der Waals surface area contributed by atoms with Crippen molar-refractivity contribution in [1.82, 2.24) is 10.2 Å². The van der Waals surface area contributed by atoms with E-state index in [1.807, 2.05) is 26.0 Å². The van der Waals surface area contributed by atoms with Crippen LogP contribution in [-0.4, -0.2) is 10.2 Å². The number of aromatic nitrogens is 2. The molecule has 2 rings (SSSR count). The molecule has 1 N–H and O–H groups in total. The van der Waals surface area contributed by atoms with Gasteiger partial charge in [-0.3, -0.25) is 5.10 Å². The van der Waals surface area contributed by atoms with Gasteiger partial charge in [-0.05, 0) is 38.1 Å². The van der Waals surface area contributed by atoms with E-state index in [9.17, 15) is 0 Å². The van der Waals surface area contributed by atoms with E-state index >= 15 is 0 Å². The number of benzene rings is 1. The van der Waals surface area contributed by atoms with Crippen LogP contribution in [-0.2, 0) is 0 Å². The van der Waals surface area contributed by atoms with Crippen molar-refractivity contribution in [2.24, 2.45) is 0 Å². The number of hydrogen-bond acceptors (Lipinski definition) is 2. The summed E-state index contributed by atoms with van der Waals surface area (Å²) in [5, 5.41) is 7.62. The third kappa shape index (κ3) is 2.13. The van der Waals surface area contributed by atoms with Crippen LogP contribution < -0.4 is 4.74 Å². The first kappa shape index (κ1) is 10.1. The Labute approximate surface area is 93.0 Å². The lowest BCUT2D eigenvalue weighted by molar-refractivity contribution is 0.475. The Hall–Kier alpha value is -1.48. The highest BCUT2D eigenvalue weighted by Crippen LogP contribution is 2.27. The van der Waals surface area contributed by atoms with Gasteiger partial charge >= 0.3 is 0 Å². The Morgan fingerprint density at radius 3 is 2.40 bits per heavy atom. The molecular weight excluding hydrogens is 212 g/mol. The van der Waals surface area contributed by atoms with Crippen molar-refractivity contribution in [3.63, 3.8) is 0 Å². The molecule has 4 heteroatoms. The normalized spacial score (nSPS) is 10.3. The summed E-state index contributed by atoms with van der Waals surface area (Å²) in [6, 6.07) is 7.24. The van der Waals surface area contributed by atoms with Gasteiger partial charge in [0.25, 0.3) is 0 Å². The fraction of sp³-hybridized carbons (Fsp3) is 0.182. The zero-order valence-electron chi connectivity index (χ0n) is 8.54. The molecule has 0 atom stereocenters. The van der Waals surface area contributed by atoms with E-state index < -0.39 is 0 Å². The predicted molar refractivity (Wildman–Crippen MR) is 59.6 cm³/mol. The number of hydrogen-bond donors (Lipinski definition) is 1. The summed E-state index contributed by atoms with van der Waals surface area (Å²) in [7, 11) is 0. The molecule has 0 amide bonds. The number of aromatic amines is 1. The minimum Gasteiger partial charge on any atom is -0.454 e. The Morgan fingerprint density at radius 2 is 1.87 bits per heavy atom.